The highest BCUT2D eigenvalue weighted by Crippen LogP contribution is 2.12. The molecule has 0 fully saturated rings. The standard InChI is InChI=1S/C9H10F2N2OS/c10-6-3-7(11)5-8(4-6)13-9(15)12-1-2-14/h3-5,14H,1-2H2,(H2,12,13,15). The summed E-state index contributed by atoms with van der Waals surface area (Å²) in [4.78, 5) is 0. The fourth-order valence-corrected chi connectivity index (χ4v) is 1.19. The van der Waals surface area contributed by atoms with E-state index in [1.165, 1.54) is 0 Å². The van der Waals surface area contributed by atoms with Crippen LogP contribution in [0.15, 0.2) is 18.2 Å². The van der Waals surface area contributed by atoms with E-state index in [0.717, 1.165) is 18.2 Å². The molecule has 15 heavy (non-hydrogen) atoms. The first-order valence-electron chi connectivity index (χ1n) is 4.23. The first-order valence-corrected chi connectivity index (χ1v) is 4.64. The fourth-order valence-electron chi connectivity index (χ4n) is 0.971. The molecule has 0 spiro atoms. The number of hydrogen-bond acceptors (Lipinski definition) is 2. The fraction of sp³-hybridized carbons (Fsp3) is 0.222. The summed E-state index contributed by atoms with van der Waals surface area (Å²) in [6.07, 6.45) is 0. The molecular weight excluding hydrogens is 222 g/mol. The van der Waals surface area contributed by atoms with Gasteiger partial charge < -0.3 is 15.7 Å². The Kier molecular flexibility index (Phi) is 4.38. The molecule has 1 rings (SSSR count). The summed E-state index contributed by atoms with van der Waals surface area (Å²) in [6, 6.07) is 3.02. The number of aliphatic hydroxyl groups is 1. The molecule has 0 aliphatic rings. The van der Waals surface area contributed by atoms with Crippen molar-refractivity contribution in [1.82, 2.24) is 5.32 Å². The lowest BCUT2D eigenvalue weighted by molar-refractivity contribution is 0.300. The van der Waals surface area contributed by atoms with E-state index in [9.17, 15) is 8.78 Å². The molecule has 82 valence electrons. The molecule has 0 atom stereocenters. The van der Waals surface area contributed by atoms with E-state index < -0.39 is 11.6 Å². The summed E-state index contributed by atoms with van der Waals surface area (Å²) in [5, 5.41) is 13.9. The van der Waals surface area contributed by atoms with E-state index in [1.54, 1.807) is 0 Å². The van der Waals surface area contributed by atoms with Gasteiger partial charge in [0, 0.05) is 18.3 Å². The Hall–Kier alpha value is -1.27. The van der Waals surface area contributed by atoms with Crippen molar-refractivity contribution in [3.05, 3.63) is 29.8 Å². The van der Waals surface area contributed by atoms with Crippen molar-refractivity contribution in [1.29, 1.82) is 0 Å². The third kappa shape index (κ3) is 4.18. The normalized spacial score (nSPS) is 9.80. The van der Waals surface area contributed by atoms with Gasteiger partial charge in [0.1, 0.15) is 11.6 Å². The highest BCUT2D eigenvalue weighted by atomic mass is 32.1. The van der Waals surface area contributed by atoms with E-state index in [2.05, 4.69) is 10.6 Å². The van der Waals surface area contributed by atoms with Crippen molar-refractivity contribution in [2.45, 2.75) is 0 Å². The zero-order chi connectivity index (χ0) is 11.3. The van der Waals surface area contributed by atoms with Crippen LogP contribution in [-0.4, -0.2) is 23.4 Å². The van der Waals surface area contributed by atoms with Crippen molar-refractivity contribution in [3.8, 4) is 0 Å². The summed E-state index contributed by atoms with van der Waals surface area (Å²) in [6.45, 7) is 0.211. The molecule has 0 radical (unpaired) electrons. The molecule has 0 amide bonds. The highest BCUT2D eigenvalue weighted by molar-refractivity contribution is 7.80. The maximum Gasteiger partial charge on any atom is 0.170 e. The number of rotatable bonds is 3. The van der Waals surface area contributed by atoms with Crippen LogP contribution in [0.3, 0.4) is 0 Å². The average Bonchev–Trinajstić information content (AvgIpc) is 2.13. The second-order valence-electron chi connectivity index (χ2n) is 2.76. The zero-order valence-corrected chi connectivity index (χ0v) is 8.57. The predicted molar refractivity (Wildman–Crippen MR) is 57.7 cm³/mol. The van der Waals surface area contributed by atoms with Crippen molar-refractivity contribution < 1.29 is 13.9 Å². The van der Waals surface area contributed by atoms with Crippen LogP contribution in [0.2, 0.25) is 0 Å². The van der Waals surface area contributed by atoms with Gasteiger partial charge in [-0.1, -0.05) is 0 Å². The Morgan fingerprint density at radius 3 is 2.40 bits per heavy atom. The predicted octanol–water partition coefficient (Wildman–Crippen LogP) is 1.24. The van der Waals surface area contributed by atoms with Gasteiger partial charge in [-0.15, -0.1) is 0 Å². The first-order chi connectivity index (χ1) is 7.11. The molecule has 0 saturated carbocycles. The van der Waals surface area contributed by atoms with Crippen LogP contribution in [0.25, 0.3) is 0 Å². The molecule has 0 aliphatic heterocycles. The minimum absolute atomic E-state index is 0.0701. The maximum absolute atomic E-state index is 12.7. The summed E-state index contributed by atoms with van der Waals surface area (Å²) in [7, 11) is 0. The molecule has 0 bridgehead atoms. The number of hydrogen-bond donors (Lipinski definition) is 3. The molecule has 0 aromatic heterocycles. The lowest BCUT2D eigenvalue weighted by atomic mass is 10.3. The lowest BCUT2D eigenvalue weighted by Crippen LogP contribution is -2.30. The average molecular weight is 232 g/mol. The molecule has 0 aliphatic carbocycles. The Labute approximate surface area is 91.1 Å². The molecule has 3 N–H and O–H groups in total. The minimum Gasteiger partial charge on any atom is -0.395 e. The first kappa shape index (κ1) is 11.8. The number of benzene rings is 1. The van der Waals surface area contributed by atoms with Crippen molar-refractivity contribution in [2.24, 2.45) is 0 Å². The van der Waals surface area contributed by atoms with Crippen LogP contribution >= 0.6 is 12.2 Å². The Balaban J connectivity index is 2.60. The van der Waals surface area contributed by atoms with E-state index >= 15 is 0 Å². The molecule has 6 heteroatoms. The molecule has 1 aromatic carbocycles. The van der Waals surface area contributed by atoms with Crippen molar-refractivity contribution in [2.75, 3.05) is 18.5 Å². The molecule has 0 saturated heterocycles. The van der Waals surface area contributed by atoms with Crippen LogP contribution in [-0.2, 0) is 0 Å². The van der Waals surface area contributed by atoms with Crippen molar-refractivity contribution >= 4 is 23.0 Å². The van der Waals surface area contributed by atoms with Crippen LogP contribution in [0.1, 0.15) is 0 Å². The number of nitrogens with one attached hydrogen (secondary N) is 2. The number of thiocarbonyl (C=S) groups is 1. The van der Waals surface area contributed by atoms with E-state index in [4.69, 9.17) is 17.3 Å². The summed E-state index contributed by atoms with van der Waals surface area (Å²) < 4.78 is 25.5. The van der Waals surface area contributed by atoms with E-state index in [0.29, 0.717) is 0 Å². The number of anilines is 1. The van der Waals surface area contributed by atoms with E-state index in [-0.39, 0.29) is 24.0 Å². The van der Waals surface area contributed by atoms with Gasteiger partial charge >= 0.3 is 0 Å². The Bertz CT molecular complexity index is 340. The summed E-state index contributed by atoms with van der Waals surface area (Å²) in [5.74, 6) is -1.36. The molecule has 3 nitrogen and oxygen atoms in total. The smallest absolute Gasteiger partial charge is 0.170 e. The van der Waals surface area contributed by atoms with Gasteiger partial charge in [-0.25, -0.2) is 8.78 Å². The van der Waals surface area contributed by atoms with Gasteiger partial charge in [-0.3, -0.25) is 0 Å². The second kappa shape index (κ2) is 5.57. The highest BCUT2D eigenvalue weighted by Gasteiger charge is 2.01. The third-order valence-corrected chi connectivity index (χ3v) is 1.76. The van der Waals surface area contributed by atoms with Crippen molar-refractivity contribution in [3.63, 3.8) is 0 Å². The number of halogens is 2. The SMILES string of the molecule is OCCNC(=S)Nc1cc(F)cc(F)c1. The molecule has 1 aromatic rings. The summed E-state index contributed by atoms with van der Waals surface area (Å²) in [5.41, 5.74) is 0.225. The van der Waals surface area contributed by atoms with E-state index in [1.807, 2.05) is 0 Å². The Morgan fingerprint density at radius 1 is 1.27 bits per heavy atom. The second-order valence-corrected chi connectivity index (χ2v) is 3.17. The minimum atomic E-state index is -0.678. The van der Waals surface area contributed by atoms with Gasteiger partial charge in [-0.05, 0) is 24.4 Å². The quantitative estimate of drug-likeness (QED) is 0.686. The largest absolute Gasteiger partial charge is 0.395 e. The van der Waals surface area contributed by atoms with Gasteiger partial charge in [-0.2, -0.15) is 0 Å². The van der Waals surface area contributed by atoms with Crippen LogP contribution < -0.4 is 10.6 Å². The number of aliphatic hydroxyl groups excluding tert-OH is 1. The van der Waals surface area contributed by atoms with Crippen LogP contribution in [0, 0.1) is 11.6 Å². The maximum atomic E-state index is 12.7. The topological polar surface area (TPSA) is 44.3 Å². The third-order valence-electron chi connectivity index (χ3n) is 1.52. The van der Waals surface area contributed by atoms with Gasteiger partial charge in [0.2, 0.25) is 0 Å². The van der Waals surface area contributed by atoms with Gasteiger partial charge in [0.25, 0.3) is 0 Å². The monoisotopic (exact) mass is 232 g/mol. The van der Waals surface area contributed by atoms with Gasteiger partial charge in [0.15, 0.2) is 5.11 Å². The molecule has 0 heterocycles. The molecule has 0 unspecified atom stereocenters. The van der Waals surface area contributed by atoms with Crippen LogP contribution in [0.4, 0.5) is 14.5 Å². The zero-order valence-electron chi connectivity index (χ0n) is 7.76. The van der Waals surface area contributed by atoms with Gasteiger partial charge in [0.05, 0.1) is 6.61 Å². The molecular formula is C9H10F2N2OS. The summed E-state index contributed by atoms with van der Waals surface area (Å²) >= 11 is 4.81. The lowest BCUT2D eigenvalue weighted by Gasteiger charge is -2.09. The Morgan fingerprint density at radius 2 is 1.87 bits per heavy atom. The van der Waals surface area contributed by atoms with Crippen LogP contribution in [0.5, 0.6) is 0 Å².